The first-order chi connectivity index (χ1) is 23.4. The molecule has 0 bridgehead atoms. The number of carbonyl (C=O) groups excluding carboxylic acids is 3. The molecule has 0 aliphatic heterocycles. The van der Waals surface area contributed by atoms with Gasteiger partial charge in [0, 0.05) is 5.75 Å². The number of nitrogens with one attached hydrogen (secondary N) is 1. The standard InChI is InChI=1S/C40H78N2O5S/c1-6-11-15-19-23-28-36(29-24-20-16-12-7-2)46-38(43)34-42(40(45)48-33-27-32-41-10-5)35-39(44)47-37(30-25-21-17-13-8-3)31-26-22-18-14-9-4/h36-37,41H,6-35H2,1-5H3. The Hall–Kier alpha value is -1.28. The second kappa shape index (κ2) is 35.5. The molecule has 7 nitrogen and oxygen atoms in total. The summed E-state index contributed by atoms with van der Waals surface area (Å²) in [5, 5.41) is 3.03. The van der Waals surface area contributed by atoms with Gasteiger partial charge in [0.2, 0.25) is 0 Å². The minimum absolute atomic E-state index is 0.137. The highest BCUT2D eigenvalue weighted by Crippen LogP contribution is 2.20. The number of hydrogen-bond acceptors (Lipinski definition) is 7. The van der Waals surface area contributed by atoms with Crippen LogP contribution in [0.2, 0.25) is 0 Å². The van der Waals surface area contributed by atoms with Crippen LogP contribution >= 0.6 is 11.8 Å². The molecule has 1 amide bonds. The number of rotatable bonds is 35. The fourth-order valence-electron chi connectivity index (χ4n) is 5.99. The molecule has 0 unspecified atom stereocenters. The zero-order valence-corrected chi connectivity index (χ0v) is 33.1. The van der Waals surface area contributed by atoms with Crippen LogP contribution in [0.3, 0.4) is 0 Å². The van der Waals surface area contributed by atoms with E-state index in [0.717, 1.165) is 96.6 Å². The Balaban J connectivity index is 5.42. The zero-order valence-electron chi connectivity index (χ0n) is 32.3. The molecule has 0 saturated carbocycles. The summed E-state index contributed by atoms with van der Waals surface area (Å²) in [6.45, 7) is 12.2. The van der Waals surface area contributed by atoms with Crippen molar-refractivity contribution in [2.24, 2.45) is 0 Å². The first-order valence-corrected chi connectivity index (χ1v) is 21.4. The van der Waals surface area contributed by atoms with Gasteiger partial charge in [0.05, 0.1) is 0 Å². The molecular formula is C40H78N2O5S. The van der Waals surface area contributed by atoms with E-state index >= 15 is 0 Å². The third-order valence-corrected chi connectivity index (χ3v) is 9.98. The number of amides is 1. The summed E-state index contributed by atoms with van der Waals surface area (Å²) in [5.41, 5.74) is 0. The molecule has 284 valence electrons. The average molecular weight is 699 g/mol. The Morgan fingerprint density at radius 1 is 0.521 bits per heavy atom. The van der Waals surface area contributed by atoms with Crippen molar-refractivity contribution in [1.82, 2.24) is 10.2 Å². The molecule has 8 heteroatoms. The van der Waals surface area contributed by atoms with Crippen LogP contribution in [0.5, 0.6) is 0 Å². The SMILES string of the molecule is CCCCCCCC(CCCCCCC)OC(=O)CN(CC(=O)OC(CCCCCCC)CCCCCCC)C(=O)SCCCNCC. The lowest BCUT2D eigenvalue weighted by atomic mass is 10.0. The Morgan fingerprint density at radius 3 is 1.21 bits per heavy atom. The number of nitrogens with zero attached hydrogens (tertiary/aromatic N) is 1. The lowest BCUT2D eigenvalue weighted by Crippen LogP contribution is -2.40. The third-order valence-electron chi connectivity index (χ3n) is 8.99. The average Bonchev–Trinajstić information content (AvgIpc) is 3.07. The van der Waals surface area contributed by atoms with Crippen LogP contribution in [-0.2, 0) is 19.1 Å². The number of ether oxygens (including phenoxy) is 2. The minimum Gasteiger partial charge on any atom is -0.461 e. The van der Waals surface area contributed by atoms with Crippen molar-refractivity contribution in [3.05, 3.63) is 0 Å². The van der Waals surface area contributed by atoms with Crippen LogP contribution in [-0.4, -0.2) is 66.2 Å². The zero-order chi connectivity index (χ0) is 35.5. The fraction of sp³-hybridized carbons (Fsp3) is 0.925. The highest BCUT2D eigenvalue weighted by Gasteiger charge is 2.25. The lowest BCUT2D eigenvalue weighted by molar-refractivity contribution is -0.153. The first-order valence-electron chi connectivity index (χ1n) is 20.4. The van der Waals surface area contributed by atoms with Crippen molar-refractivity contribution in [3.63, 3.8) is 0 Å². The summed E-state index contributed by atoms with van der Waals surface area (Å²) in [7, 11) is 0. The maximum atomic E-state index is 13.4. The van der Waals surface area contributed by atoms with Gasteiger partial charge in [0.15, 0.2) is 0 Å². The van der Waals surface area contributed by atoms with Crippen molar-refractivity contribution >= 4 is 28.9 Å². The lowest BCUT2D eigenvalue weighted by Gasteiger charge is -2.25. The molecule has 0 aromatic rings. The molecule has 0 radical (unpaired) electrons. The molecule has 0 atom stereocenters. The molecule has 1 N–H and O–H groups in total. The molecule has 0 heterocycles. The van der Waals surface area contributed by atoms with Crippen LogP contribution in [0, 0.1) is 0 Å². The number of thioether (sulfide) groups is 1. The van der Waals surface area contributed by atoms with Gasteiger partial charge in [0.25, 0.3) is 5.24 Å². The Labute approximate surface area is 301 Å². The van der Waals surface area contributed by atoms with E-state index in [1.54, 1.807) is 0 Å². The molecule has 0 rings (SSSR count). The van der Waals surface area contributed by atoms with Crippen LogP contribution < -0.4 is 5.32 Å². The van der Waals surface area contributed by atoms with Crippen molar-refractivity contribution in [2.45, 2.75) is 207 Å². The van der Waals surface area contributed by atoms with Crippen LogP contribution in [0.1, 0.15) is 195 Å². The molecule has 0 aromatic carbocycles. The normalized spacial score (nSPS) is 11.4. The smallest absolute Gasteiger partial charge is 0.325 e. The van der Waals surface area contributed by atoms with Crippen molar-refractivity contribution < 1.29 is 23.9 Å². The quantitative estimate of drug-likeness (QED) is 0.0521. The largest absolute Gasteiger partial charge is 0.461 e. The van der Waals surface area contributed by atoms with Gasteiger partial charge >= 0.3 is 11.9 Å². The molecule has 0 spiro atoms. The molecular weight excluding hydrogens is 621 g/mol. The fourth-order valence-corrected chi connectivity index (χ4v) is 6.77. The Kier molecular flexibility index (Phi) is 34.6. The third kappa shape index (κ3) is 29.6. The van der Waals surface area contributed by atoms with Crippen LogP contribution in [0.15, 0.2) is 0 Å². The van der Waals surface area contributed by atoms with Crippen molar-refractivity contribution in [2.75, 3.05) is 31.9 Å². The highest BCUT2D eigenvalue weighted by atomic mass is 32.2. The van der Waals surface area contributed by atoms with E-state index < -0.39 is 11.9 Å². The van der Waals surface area contributed by atoms with Crippen molar-refractivity contribution in [1.29, 1.82) is 0 Å². The van der Waals surface area contributed by atoms with E-state index in [-0.39, 0.29) is 30.5 Å². The van der Waals surface area contributed by atoms with Gasteiger partial charge in [-0.3, -0.25) is 14.4 Å². The van der Waals surface area contributed by atoms with Gasteiger partial charge in [-0.1, -0.05) is 149 Å². The minimum atomic E-state index is -0.417. The maximum Gasteiger partial charge on any atom is 0.325 e. The first kappa shape index (κ1) is 46.7. The summed E-state index contributed by atoms with van der Waals surface area (Å²) in [4.78, 5) is 41.4. The summed E-state index contributed by atoms with van der Waals surface area (Å²) in [5.74, 6) is -0.206. The predicted molar refractivity (Wildman–Crippen MR) is 206 cm³/mol. The summed E-state index contributed by atoms with van der Waals surface area (Å²) >= 11 is 1.17. The molecule has 0 aliphatic carbocycles. The van der Waals surface area contributed by atoms with E-state index in [1.807, 2.05) is 0 Å². The van der Waals surface area contributed by atoms with Gasteiger partial charge in [-0.2, -0.15) is 0 Å². The maximum absolute atomic E-state index is 13.4. The second-order valence-electron chi connectivity index (χ2n) is 13.7. The van der Waals surface area contributed by atoms with E-state index in [4.69, 9.17) is 9.47 Å². The molecule has 48 heavy (non-hydrogen) atoms. The number of esters is 2. The number of hydrogen-bond donors (Lipinski definition) is 1. The Bertz CT molecular complexity index is 677. The number of carbonyl (C=O) groups is 3. The Morgan fingerprint density at radius 2 is 0.875 bits per heavy atom. The van der Waals surface area contributed by atoms with Gasteiger partial charge < -0.3 is 19.7 Å². The predicted octanol–water partition coefficient (Wildman–Crippen LogP) is 11.4. The summed E-state index contributed by atoms with van der Waals surface area (Å²) in [6, 6.07) is 0. The topological polar surface area (TPSA) is 84.9 Å². The molecule has 0 fully saturated rings. The van der Waals surface area contributed by atoms with Gasteiger partial charge in [-0.15, -0.1) is 0 Å². The van der Waals surface area contributed by atoms with Crippen molar-refractivity contribution in [3.8, 4) is 0 Å². The molecule has 0 aliphatic rings. The molecule has 0 saturated heterocycles. The van der Waals surface area contributed by atoms with E-state index in [0.29, 0.717) is 5.75 Å². The van der Waals surface area contributed by atoms with Gasteiger partial charge in [-0.25, -0.2) is 0 Å². The highest BCUT2D eigenvalue weighted by molar-refractivity contribution is 8.13. The number of unbranched alkanes of at least 4 members (excludes halogenated alkanes) is 16. The van der Waals surface area contributed by atoms with E-state index in [1.165, 1.54) is 93.7 Å². The molecule has 0 aromatic heterocycles. The van der Waals surface area contributed by atoms with Gasteiger partial charge in [-0.05, 0) is 70.9 Å². The van der Waals surface area contributed by atoms with Crippen LogP contribution in [0.4, 0.5) is 4.79 Å². The van der Waals surface area contributed by atoms with Gasteiger partial charge in [0.1, 0.15) is 25.3 Å². The van der Waals surface area contributed by atoms with E-state index in [9.17, 15) is 14.4 Å². The second-order valence-corrected chi connectivity index (χ2v) is 14.8. The monoisotopic (exact) mass is 699 g/mol. The summed E-state index contributed by atoms with van der Waals surface area (Å²) < 4.78 is 12.1. The van der Waals surface area contributed by atoms with E-state index in [2.05, 4.69) is 39.9 Å². The van der Waals surface area contributed by atoms with Crippen LogP contribution in [0.25, 0.3) is 0 Å². The summed E-state index contributed by atoms with van der Waals surface area (Å²) in [6.07, 6.45) is 27.4.